The molecule has 0 aliphatic rings. The van der Waals surface area contributed by atoms with E-state index < -0.39 is 0 Å². The Morgan fingerprint density at radius 2 is 1.71 bits per heavy atom. The van der Waals surface area contributed by atoms with E-state index in [9.17, 15) is 4.79 Å². The molecule has 1 aromatic heterocycles. The summed E-state index contributed by atoms with van der Waals surface area (Å²) in [5.74, 6) is -0.299. The van der Waals surface area contributed by atoms with Crippen LogP contribution in [0.3, 0.4) is 0 Å². The van der Waals surface area contributed by atoms with Crippen molar-refractivity contribution in [3.05, 3.63) is 117 Å². The minimum absolute atomic E-state index is 0.211. The van der Waals surface area contributed by atoms with Crippen molar-refractivity contribution in [1.82, 2.24) is 0 Å². The number of halogens is 2. The molecule has 4 rings (SSSR count). The smallest absolute Gasteiger partial charge is 0.259 e. The van der Waals surface area contributed by atoms with E-state index in [1.54, 1.807) is 42.5 Å². The standard InChI is InChI=1S/C26H19Br2N3O4/c27-18-13-20(23(21(28)14-18)34-15-16-6-2-1-3-7-16)26(32)31-19-9-4-8-17(12-19)24(29)35-25(30)22-10-5-11-33-22/h1-14,29-30H,15H2,(H,31,32). The number of hydrogen-bond donors (Lipinski definition) is 3. The molecule has 0 spiro atoms. The van der Waals surface area contributed by atoms with Gasteiger partial charge in [0, 0.05) is 15.7 Å². The van der Waals surface area contributed by atoms with Crippen LogP contribution in [-0.4, -0.2) is 17.7 Å². The van der Waals surface area contributed by atoms with Gasteiger partial charge in [-0.2, -0.15) is 0 Å². The number of benzene rings is 3. The van der Waals surface area contributed by atoms with Crippen LogP contribution >= 0.6 is 31.9 Å². The van der Waals surface area contributed by atoms with Gasteiger partial charge in [-0.1, -0.05) is 52.3 Å². The van der Waals surface area contributed by atoms with Crippen molar-refractivity contribution in [3.63, 3.8) is 0 Å². The molecule has 4 aromatic rings. The molecule has 1 heterocycles. The Morgan fingerprint density at radius 1 is 0.914 bits per heavy atom. The first-order valence-corrected chi connectivity index (χ1v) is 12.0. The molecule has 0 fully saturated rings. The van der Waals surface area contributed by atoms with Crippen molar-refractivity contribution >= 4 is 55.2 Å². The molecule has 0 atom stereocenters. The predicted octanol–water partition coefficient (Wildman–Crippen LogP) is 7.00. The lowest BCUT2D eigenvalue weighted by atomic mass is 10.1. The Morgan fingerprint density at radius 3 is 2.46 bits per heavy atom. The highest BCUT2D eigenvalue weighted by atomic mass is 79.9. The molecule has 0 radical (unpaired) electrons. The molecule has 176 valence electrons. The average molecular weight is 597 g/mol. The molecule has 35 heavy (non-hydrogen) atoms. The summed E-state index contributed by atoms with van der Waals surface area (Å²) >= 11 is 6.92. The van der Waals surface area contributed by atoms with Gasteiger partial charge in [0.05, 0.1) is 16.3 Å². The summed E-state index contributed by atoms with van der Waals surface area (Å²) in [7, 11) is 0. The Bertz CT molecular complexity index is 1370. The van der Waals surface area contributed by atoms with Crippen LogP contribution in [0.2, 0.25) is 0 Å². The maximum absolute atomic E-state index is 13.2. The number of rotatable bonds is 7. The molecular weight excluding hydrogens is 578 g/mol. The second-order valence-electron chi connectivity index (χ2n) is 7.31. The molecule has 0 saturated carbocycles. The molecule has 7 nitrogen and oxygen atoms in total. The van der Waals surface area contributed by atoms with Crippen LogP contribution in [0.4, 0.5) is 5.69 Å². The Labute approximate surface area is 218 Å². The van der Waals surface area contributed by atoms with Crippen molar-refractivity contribution in [1.29, 1.82) is 10.8 Å². The fraction of sp³-hybridized carbons (Fsp3) is 0.0385. The molecule has 3 N–H and O–H groups in total. The van der Waals surface area contributed by atoms with Gasteiger partial charge in [-0.3, -0.25) is 15.6 Å². The van der Waals surface area contributed by atoms with Crippen molar-refractivity contribution < 1.29 is 18.7 Å². The lowest BCUT2D eigenvalue weighted by Gasteiger charge is -2.15. The van der Waals surface area contributed by atoms with Crippen molar-refractivity contribution in [2.24, 2.45) is 0 Å². The monoisotopic (exact) mass is 595 g/mol. The number of carbonyl (C=O) groups excluding carboxylic acids is 1. The first-order chi connectivity index (χ1) is 16.9. The van der Waals surface area contributed by atoms with Gasteiger partial charge in [0.15, 0.2) is 5.76 Å². The number of ether oxygens (including phenoxy) is 2. The Kier molecular flexibility index (Phi) is 7.79. The molecule has 0 aliphatic carbocycles. The lowest BCUT2D eigenvalue weighted by molar-refractivity contribution is 0.102. The fourth-order valence-electron chi connectivity index (χ4n) is 3.16. The summed E-state index contributed by atoms with van der Waals surface area (Å²) < 4.78 is 17.7. The quantitative estimate of drug-likeness (QED) is 0.158. The van der Waals surface area contributed by atoms with Gasteiger partial charge in [0.2, 0.25) is 5.90 Å². The van der Waals surface area contributed by atoms with Crippen molar-refractivity contribution in [2.75, 3.05) is 5.32 Å². The second-order valence-corrected chi connectivity index (χ2v) is 9.08. The largest absolute Gasteiger partial charge is 0.487 e. The van der Waals surface area contributed by atoms with E-state index in [2.05, 4.69) is 37.2 Å². The van der Waals surface area contributed by atoms with E-state index in [4.69, 9.17) is 24.7 Å². The summed E-state index contributed by atoms with van der Waals surface area (Å²) in [6.07, 6.45) is 1.42. The van der Waals surface area contributed by atoms with Gasteiger partial charge in [0.1, 0.15) is 12.4 Å². The Balaban J connectivity index is 1.50. The van der Waals surface area contributed by atoms with Gasteiger partial charge < -0.3 is 19.2 Å². The van der Waals surface area contributed by atoms with Crippen molar-refractivity contribution in [2.45, 2.75) is 6.61 Å². The van der Waals surface area contributed by atoms with Gasteiger partial charge in [-0.25, -0.2) is 0 Å². The first-order valence-electron chi connectivity index (χ1n) is 10.4. The molecule has 0 aliphatic heterocycles. The van der Waals surface area contributed by atoms with Gasteiger partial charge >= 0.3 is 0 Å². The minimum Gasteiger partial charge on any atom is -0.487 e. The summed E-state index contributed by atoms with van der Waals surface area (Å²) in [4.78, 5) is 13.2. The van der Waals surface area contributed by atoms with E-state index in [1.165, 1.54) is 6.26 Å². The number of nitrogens with one attached hydrogen (secondary N) is 3. The number of carbonyl (C=O) groups is 1. The summed E-state index contributed by atoms with van der Waals surface area (Å²) in [5.41, 5.74) is 2.14. The molecular formula is C26H19Br2N3O4. The fourth-order valence-corrected chi connectivity index (χ4v) is 4.50. The zero-order valence-electron chi connectivity index (χ0n) is 18.2. The molecule has 3 aromatic carbocycles. The van der Waals surface area contributed by atoms with Gasteiger partial charge in [0.25, 0.3) is 11.8 Å². The second kappa shape index (κ2) is 11.2. The summed E-state index contributed by atoms with van der Waals surface area (Å²) in [5, 5.41) is 18.9. The molecule has 0 unspecified atom stereocenters. The first kappa shape index (κ1) is 24.4. The number of amides is 1. The average Bonchev–Trinajstić information content (AvgIpc) is 3.39. The highest BCUT2D eigenvalue weighted by Gasteiger charge is 2.18. The predicted molar refractivity (Wildman–Crippen MR) is 140 cm³/mol. The normalized spacial score (nSPS) is 10.5. The van der Waals surface area contributed by atoms with Crippen LogP contribution in [0.5, 0.6) is 5.75 Å². The number of anilines is 1. The lowest BCUT2D eigenvalue weighted by Crippen LogP contribution is -2.16. The van der Waals surface area contributed by atoms with E-state index in [-0.39, 0.29) is 23.5 Å². The van der Waals surface area contributed by atoms with Gasteiger partial charge in [-0.05, 0) is 64.0 Å². The van der Waals surface area contributed by atoms with Gasteiger partial charge in [-0.15, -0.1) is 0 Å². The maximum Gasteiger partial charge on any atom is 0.259 e. The summed E-state index contributed by atoms with van der Waals surface area (Å²) in [6, 6.07) is 23.0. The molecule has 1 amide bonds. The molecule has 0 saturated heterocycles. The van der Waals surface area contributed by atoms with Crippen LogP contribution in [0.25, 0.3) is 0 Å². The van der Waals surface area contributed by atoms with Crippen LogP contribution < -0.4 is 10.1 Å². The van der Waals surface area contributed by atoms with Crippen LogP contribution in [-0.2, 0) is 11.3 Å². The third-order valence-corrected chi connectivity index (χ3v) is 5.86. The Hall–Kier alpha value is -3.69. The zero-order chi connectivity index (χ0) is 24.8. The number of furan rings is 1. The zero-order valence-corrected chi connectivity index (χ0v) is 21.4. The SMILES string of the molecule is N=C(OC(=N)c1ccco1)c1cccc(NC(=O)c2cc(Br)cc(Br)c2OCc2ccccc2)c1. The van der Waals surface area contributed by atoms with E-state index in [1.807, 2.05) is 36.4 Å². The molecule has 0 bridgehead atoms. The minimum atomic E-state index is -0.386. The summed E-state index contributed by atoms with van der Waals surface area (Å²) in [6.45, 7) is 0.299. The third-order valence-electron chi connectivity index (χ3n) is 4.81. The number of hydrogen-bond acceptors (Lipinski definition) is 6. The van der Waals surface area contributed by atoms with Crippen LogP contribution in [0.1, 0.15) is 27.2 Å². The van der Waals surface area contributed by atoms with Crippen LogP contribution in [0.15, 0.2) is 98.5 Å². The topological polar surface area (TPSA) is 108 Å². The molecule has 9 heteroatoms. The van der Waals surface area contributed by atoms with E-state index >= 15 is 0 Å². The highest BCUT2D eigenvalue weighted by Crippen LogP contribution is 2.34. The van der Waals surface area contributed by atoms with Crippen molar-refractivity contribution in [3.8, 4) is 5.75 Å². The maximum atomic E-state index is 13.2. The van der Waals surface area contributed by atoms with E-state index in [0.29, 0.717) is 38.1 Å². The van der Waals surface area contributed by atoms with E-state index in [0.717, 1.165) is 5.56 Å². The third kappa shape index (κ3) is 6.26. The van der Waals surface area contributed by atoms with Crippen LogP contribution in [0, 0.1) is 10.8 Å². The highest BCUT2D eigenvalue weighted by molar-refractivity contribution is 9.11.